The van der Waals surface area contributed by atoms with Gasteiger partial charge in [-0.25, -0.2) is 0 Å². The summed E-state index contributed by atoms with van der Waals surface area (Å²) in [7, 11) is 0. The maximum Gasteiger partial charge on any atom is 0.0922 e. The second-order valence-electron chi connectivity index (χ2n) is 4.34. The molecule has 0 saturated heterocycles. The normalized spacial score (nSPS) is 14.1. The smallest absolute Gasteiger partial charge is 0.0922 e. The van der Waals surface area contributed by atoms with Gasteiger partial charge in [0, 0.05) is 6.54 Å². The van der Waals surface area contributed by atoms with Crippen LogP contribution in [-0.4, -0.2) is 28.9 Å². The molecule has 1 heterocycles. The largest absolute Gasteiger partial charge is 0.390 e. The van der Waals surface area contributed by atoms with Crippen LogP contribution in [0.4, 0.5) is 0 Å². The molecule has 3 N–H and O–H groups in total. The molecule has 0 bridgehead atoms. The second-order valence-corrected chi connectivity index (χ2v) is 5.12. The lowest BCUT2D eigenvalue weighted by Gasteiger charge is -2.18. The third-order valence-corrected chi connectivity index (χ3v) is 2.88. The Bertz CT molecular complexity index is 267. The minimum absolute atomic E-state index is 0.446. The average molecular weight is 229 g/mol. The zero-order chi connectivity index (χ0) is 11.3. The molecule has 0 saturated carbocycles. The first-order valence-corrected chi connectivity index (χ1v) is 6.06. The number of hydrogen-bond donors (Lipinski definition) is 3. The first-order valence-electron chi connectivity index (χ1n) is 5.12. The molecule has 0 spiro atoms. The topological polar surface area (TPSA) is 52.5 Å². The molecule has 1 rings (SSSR count). The van der Waals surface area contributed by atoms with Crippen molar-refractivity contribution in [1.29, 1.82) is 0 Å². The summed E-state index contributed by atoms with van der Waals surface area (Å²) in [5.74, 6) is 0. The molecular formula is C11H19NO2S. The molecule has 0 fully saturated rings. The van der Waals surface area contributed by atoms with Gasteiger partial charge in [-0.05, 0) is 49.2 Å². The van der Waals surface area contributed by atoms with Crippen molar-refractivity contribution >= 4 is 11.3 Å². The van der Waals surface area contributed by atoms with E-state index in [1.165, 1.54) is 0 Å². The molecule has 1 aromatic heterocycles. The van der Waals surface area contributed by atoms with Gasteiger partial charge in [-0.1, -0.05) is 0 Å². The summed E-state index contributed by atoms with van der Waals surface area (Å²) in [6, 6.07) is 1.92. The van der Waals surface area contributed by atoms with Crippen molar-refractivity contribution in [2.45, 2.75) is 32.0 Å². The van der Waals surface area contributed by atoms with Gasteiger partial charge < -0.3 is 15.5 Å². The molecule has 0 amide bonds. The molecule has 0 aliphatic carbocycles. The number of rotatable bonds is 6. The van der Waals surface area contributed by atoms with Crippen LogP contribution in [0.15, 0.2) is 16.8 Å². The molecule has 1 atom stereocenters. The highest BCUT2D eigenvalue weighted by Gasteiger charge is 2.12. The van der Waals surface area contributed by atoms with Gasteiger partial charge in [0.2, 0.25) is 0 Å². The number of nitrogens with one attached hydrogen (secondary N) is 1. The Morgan fingerprint density at radius 1 is 1.53 bits per heavy atom. The van der Waals surface area contributed by atoms with Crippen molar-refractivity contribution < 1.29 is 10.2 Å². The summed E-state index contributed by atoms with van der Waals surface area (Å²) >= 11 is 1.58. The summed E-state index contributed by atoms with van der Waals surface area (Å²) in [5.41, 5.74) is 0.316. The van der Waals surface area contributed by atoms with Crippen molar-refractivity contribution in [3.63, 3.8) is 0 Å². The van der Waals surface area contributed by atoms with Crippen LogP contribution < -0.4 is 5.32 Å². The maximum atomic E-state index is 9.72. The molecule has 4 heteroatoms. The highest BCUT2D eigenvalue weighted by Crippen LogP contribution is 2.15. The van der Waals surface area contributed by atoms with Gasteiger partial charge in [-0.2, -0.15) is 11.3 Å². The fourth-order valence-electron chi connectivity index (χ4n) is 1.22. The van der Waals surface area contributed by atoms with Crippen LogP contribution in [0.3, 0.4) is 0 Å². The molecule has 86 valence electrons. The van der Waals surface area contributed by atoms with Crippen molar-refractivity contribution in [3.8, 4) is 0 Å². The van der Waals surface area contributed by atoms with E-state index in [4.69, 9.17) is 0 Å². The lowest BCUT2D eigenvalue weighted by atomic mass is 10.1. The van der Waals surface area contributed by atoms with E-state index in [1.54, 1.807) is 25.2 Å². The molecule has 0 aromatic carbocycles. The number of aliphatic hydroxyl groups excluding tert-OH is 1. The van der Waals surface area contributed by atoms with Crippen LogP contribution >= 0.6 is 11.3 Å². The molecule has 1 aromatic rings. The Hall–Kier alpha value is -0.420. The highest BCUT2D eigenvalue weighted by molar-refractivity contribution is 7.07. The SMILES string of the molecule is CC(C)(O)CCNCC(O)c1ccsc1. The summed E-state index contributed by atoms with van der Waals surface area (Å²) < 4.78 is 0. The van der Waals surface area contributed by atoms with E-state index >= 15 is 0 Å². The standard InChI is InChI=1S/C11H19NO2S/c1-11(2,14)4-5-12-7-10(13)9-3-6-15-8-9/h3,6,8,10,12-14H,4-5,7H2,1-2H3. The second kappa shape index (κ2) is 5.61. The van der Waals surface area contributed by atoms with Crippen molar-refractivity contribution in [2.24, 2.45) is 0 Å². The third-order valence-electron chi connectivity index (χ3n) is 2.18. The zero-order valence-corrected chi connectivity index (χ0v) is 10.0. The van der Waals surface area contributed by atoms with E-state index in [0.717, 1.165) is 5.56 Å². The summed E-state index contributed by atoms with van der Waals surface area (Å²) in [6.07, 6.45) is 0.238. The molecule has 15 heavy (non-hydrogen) atoms. The molecule has 0 aliphatic heterocycles. The number of hydrogen-bond acceptors (Lipinski definition) is 4. The predicted molar refractivity (Wildman–Crippen MR) is 63.1 cm³/mol. The molecule has 0 aliphatic rings. The highest BCUT2D eigenvalue weighted by atomic mass is 32.1. The molecule has 1 unspecified atom stereocenters. The van der Waals surface area contributed by atoms with Gasteiger partial charge in [0.15, 0.2) is 0 Å². The van der Waals surface area contributed by atoms with Crippen molar-refractivity contribution in [1.82, 2.24) is 5.32 Å². The van der Waals surface area contributed by atoms with E-state index in [-0.39, 0.29) is 0 Å². The van der Waals surface area contributed by atoms with Gasteiger partial charge in [0.05, 0.1) is 11.7 Å². The Balaban J connectivity index is 2.16. The first-order chi connectivity index (χ1) is 6.99. The van der Waals surface area contributed by atoms with E-state index < -0.39 is 11.7 Å². The van der Waals surface area contributed by atoms with Gasteiger partial charge in [0.1, 0.15) is 0 Å². The molecule has 3 nitrogen and oxygen atoms in total. The minimum atomic E-state index is -0.639. The van der Waals surface area contributed by atoms with Crippen molar-refractivity contribution in [3.05, 3.63) is 22.4 Å². The lowest BCUT2D eigenvalue weighted by Crippen LogP contribution is -2.29. The van der Waals surface area contributed by atoms with Gasteiger partial charge in [-0.15, -0.1) is 0 Å². The minimum Gasteiger partial charge on any atom is -0.390 e. The maximum absolute atomic E-state index is 9.72. The predicted octanol–water partition coefficient (Wildman–Crippen LogP) is 1.53. The van der Waals surface area contributed by atoms with Crippen LogP contribution in [0, 0.1) is 0 Å². The first kappa shape index (κ1) is 12.6. The Labute approximate surface area is 94.8 Å². The monoisotopic (exact) mass is 229 g/mol. The van der Waals surface area contributed by atoms with E-state index in [9.17, 15) is 10.2 Å². The van der Waals surface area contributed by atoms with Gasteiger partial charge in [-0.3, -0.25) is 0 Å². The summed E-state index contributed by atoms with van der Waals surface area (Å²) in [6.45, 7) is 4.81. The number of aliphatic hydroxyl groups is 2. The van der Waals surface area contributed by atoms with Crippen LogP contribution in [0.1, 0.15) is 31.9 Å². The fraction of sp³-hybridized carbons (Fsp3) is 0.636. The quantitative estimate of drug-likeness (QED) is 0.648. The Kier molecular flexibility index (Phi) is 4.73. The summed E-state index contributed by atoms with van der Waals surface area (Å²) in [4.78, 5) is 0. The molecular weight excluding hydrogens is 210 g/mol. The van der Waals surface area contributed by atoms with E-state index in [0.29, 0.717) is 19.5 Å². The van der Waals surface area contributed by atoms with Crippen molar-refractivity contribution in [2.75, 3.05) is 13.1 Å². The van der Waals surface area contributed by atoms with E-state index in [2.05, 4.69) is 5.32 Å². The summed E-state index contributed by atoms with van der Waals surface area (Å²) in [5, 5.41) is 26.2. The Morgan fingerprint density at radius 3 is 2.80 bits per heavy atom. The van der Waals surface area contributed by atoms with Crippen LogP contribution in [0.25, 0.3) is 0 Å². The average Bonchev–Trinajstić information content (AvgIpc) is 2.63. The van der Waals surface area contributed by atoms with Gasteiger partial charge >= 0.3 is 0 Å². The fourth-order valence-corrected chi connectivity index (χ4v) is 1.92. The van der Waals surface area contributed by atoms with E-state index in [1.807, 2.05) is 16.8 Å². The Morgan fingerprint density at radius 2 is 2.27 bits per heavy atom. The van der Waals surface area contributed by atoms with Crippen LogP contribution in [-0.2, 0) is 0 Å². The number of thiophene rings is 1. The zero-order valence-electron chi connectivity index (χ0n) is 9.23. The molecule has 0 radical (unpaired) electrons. The third kappa shape index (κ3) is 5.28. The van der Waals surface area contributed by atoms with Gasteiger partial charge in [0.25, 0.3) is 0 Å². The lowest BCUT2D eigenvalue weighted by molar-refractivity contribution is 0.0696. The van der Waals surface area contributed by atoms with Crippen LogP contribution in [0.5, 0.6) is 0 Å². The van der Waals surface area contributed by atoms with Crippen LogP contribution in [0.2, 0.25) is 0 Å².